The number of halogens is 3. The maximum Gasteiger partial charge on any atom is 0.416 e. The number of furan rings is 1. The number of hydrogen-bond donors (Lipinski definition) is 1. The Labute approximate surface area is 212 Å². The smallest absolute Gasteiger partial charge is 0.416 e. The Morgan fingerprint density at radius 3 is 2.59 bits per heavy atom. The fraction of sp³-hybridized carbons (Fsp3) is 0.120. The molecule has 0 spiro atoms. The quantitative estimate of drug-likeness (QED) is 0.246. The lowest BCUT2D eigenvalue weighted by Gasteiger charge is -2.12. The van der Waals surface area contributed by atoms with Crippen LogP contribution in [0.15, 0.2) is 87.2 Å². The monoisotopic (exact) mass is 525 g/mol. The van der Waals surface area contributed by atoms with E-state index < -0.39 is 17.6 Å². The van der Waals surface area contributed by atoms with Crippen LogP contribution >= 0.6 is 11.8 Å². The third kappa shape index (κ3) is 5.43. The fourth-order valence-electron chi connectivity index (χ4n) is 3.42. The number of hydrogen-bond acceptors (Lipinski definition) is 7. The van der Waals surface area contributed by atoms with Crippen molar-refractivity contribution in [1.82, 2.24) is 19.7 Å². The minimum atomic E-state index is -4.52. The van der Waals surface area contributed by atoms with E-state index >= 15 is 0 Å². The van der Waals surface area contributed by atoms with Gasteiger partial charge in [-0.3, -0.25) is 9.36 Å². The van der Waals surface area contributed by atoms with E-state index in [2.05, 4.69) is 20.5 Å². The zero-order chi connectivity index (χ0) is 26.0. The summed E-state index contributed by atoms with van der Waals surface area (Å²) in [6.45, 7) is 1.94. The molecule has 0 radical (unpaired) electrons. The molecule has 2 aromatic carbocycles. The van der Waals surface area contributed by atoms with E-state index in [4.69, 9.17) is 8.83 Å². The van der Waals surface area contributed by atoms with Crippen molar-refractivity contribution in [2.75, 3.05) is 5.32 Å². The lowest BCUT2D eigenvalue weighted by Crippen LogP contribution is -2.12. The van der Waals surface area contributed by atoms with Crippen LogP contribution in [0.1, 0.15) is 27.5 Å². The number of aromatic nitrogens is 4. The average molecular weight is 526 g/mol. The Hall–Kier alpha value is -4.32. The first-order chi connectivity index (χ1) is 17.8. The molecule has 0 saturated carbocycles. The number of aryl methyl sites for hydroxylation is 1. The van der Waals surface area contributed by atoms with Gasteiger partial charge in [0.1, 0.15) is 6.26 Å². The molecule has 0 unspecified atom stereocenters. The number of carbonyl (C=O) groups is 1. The molecule has 188 valence electrons. The van der Waals surface area contributed by atoms with Gasteiger partial charge in [0.05, 0.1) is 23.3 Å². The SMILES string of the molecule is Cc1ccc(NC(=O)c2coc(CSc3nnc(-c4ccco4)n3-c3cccc(C(F)(F)F)c3)n2)cc1. The second-order valence-electron chi connectivity index (χ2n) is 7.90. The maximum absolute atomic E-state index is 13.4. The summed E-state index contributed by atoms with van der Waals surface area (Å²) in [6, 6.07) is 15.4. The second kappa shape index (κ2) is 9.97. The van der Waals surface area contributed by atoms with E-state index in [-0.39, 0.29) is 34.0 Å². The highest BCUT2D eigenvalue weighted by Gasteiger charge is 2.31. The van der Waals surface area contributed by atoms with Crippen LogP contribution in [0.2, 0.25) is 0 Å². The van der Waals surface area contributed by atoms with Gasteiger partial charge in [-0.25, -0.2) is 4.98 Å². The lowest BCUT2D eigenvalue weighted by molar-refractivity contribution is -0.137. The summed E-state index contributed by atoms with van der Waals surface area (Å²) >= 11 is 1.14. The molecule has 1 amide bonds. The van der Waals surface area contributed by atoms with Gasteiger partial charge in [0.2, 0.25) is 11.7 Å². The van der Waals surface area contributed by atoms with Crippen LogP contribution in [0.4, 0.5) is 18.9 Å². The number of oxazole rings is 1. The highest BCUT2D eigenvalue weighted by Crippen LogP contribution is 2.34. The minimum Gasteiger partial charge on any atom is -0.461 e. The summed E-state index contributed by atoms with van der Waals surface area (Å²) in [6.07, 6.45) is -1.84. The Balaban J connectivity index is 1.38. The molecule has 5 rings (SSSR count). The number of nitrogens with zero attached hydrogens (tertiary/aromatic N) is 4. The van der Waals surface area contributed by atoms with E-state index in [1.165, 1.54) is 29.2 Å². The summed E-state index contributed by atoms with van der Waals surface area (Å²) in [5.41, 5.74) is 1.17. The van der Waals surface area contributed by atoms with Crippen LogP contribution in [0, 0.1) is 6.92 Å². The third-order valence-corrected chi connectivity index (χ3v) is 6.14. The molecular weight excluding hydrogens is 507 g/mol. The Morgan fingerprint density at radius 1 is 1.05 bits per heavy atom. The molecule has 8 nitrogen and oxygen atoms in total. The number of rotatable bonds is 7. The van der Waals surface area contributed by atoms with Crippen LogP contribution in [-0.4, -0.2) is 25.7 Å². The van der Waals surface area contributed by atoms with Gasteiger partial charge in [-0.2, -0.15) is 13.2 Å². The van der Waals surface area contributed by atoms with Crippen molar-refractivity contribution in [3.8, 4) is 17.3 Å². The van der Waals surface area contributed by atoms with Crippen molar-refractivity contribution in [2.24, 2.45) is 0 Å². The largest absolute Gasteiger partial charge is 0.461 e. The molecule has 0 fully saturated rings. The number of alkyl halides is 3. The molecule has 0 aliphatic rings. The Bertz CT molecular complexity index is 1530. The fourth-order valence-corrected chi connectivity index (χ4v) is 4.23. The first kappa shape index (κ1) is 24.4. The van der Waals surface area contributed by atoms with E-state index in [0.717, 1.165) is 29.5 Å². The van der Waals surface area contributed by atoms with Crippen LogP contribution in [0.25, 0.3) is 17.3 Å². The number of benzene rings is 2. The summed E-state index contributed by atoms with van der Waals surface area (Å²) in [5, 5.41) is 11.3. The highest BCUT2D eigenvalue weighted by atomic mass is 32.2. The van der Waals surface area contributed by atoms with Gasteiger partial charge in [0.25, 0.3) is 5.91 Å². The van der Waals surface area contributed by atoms with Gasteiger partial charge in [-0.05, 0) is 49.4 Å². The first-order valence-corrected chi connectivity index (χ1v) is 11.9. The summed E-state index contributed by atoms with van der Waals surface area (Å²) in [4.78, 5) is 16.7. The average Bonchev–Trinajstić information content (AvgIpc) is 3.64. The van der Waals surface area contributed by atoms with Gasteiger partial charge in [-0.1, -0.05) is 35.5 Å². The van der Waals surface area contributed by atoms with E-state index in [1.807, 2.05) is 19.1 Å². The first-order valence-electron chi connectivity index (χ1n) is 10.9. The van der Waals surface area contributed by atoms with Crippen LogP contribution in [-0.2, 0) is 11.9 Å². The van der Waals surface area contributed by atoms with Crippen molar-refractivity contribution < 1.29 is 26.8 Å². The zero-order valence-electron chi connectivity index (χ0n) is 19.2. The van der Waals surface area contributed by atoms with Crippen molar-refractivity contribution in [3.05, 3.63) is 95.9 Å². The number of nitrogens with one attached hydrogen (secondary N) is 1. The van der Waals surface area contributed by atoms with Crippen LogP contribution < -0.4 is 5.32 Å². The predicted molar refractivity (Wildman–Crippen MR) is 129 cm³/mol. The molecule has 12 heteroatoms. The standard InChI is InChI=1S/C25H18F3N5O3S/c1-15-7-9-17(10-8-15)29-23(34)19-13-36-21(30-19)14-37-24-32-31-22(20-6-3-11-35-20)33(24)18-5-2-4-16(12-18)25(26,27)28/h2-13H,14H2,1H3,(H,29,34). The van der Waals surface area contributed by atoms with Gasteiger partial charge >= 0.3 is 6.18 Å². The van der Waals surface area contributed by atoms with Crippen LogP contribution in [0.3, 0.4) is 0 Å². The molecule has 0 aliphatic heterocycles. The lowest BCUT2D eigenvalue weighted by atomic mass is 10.2. The van der Waals surface area contributed by atoms with E-state index in [1.54, 1.807) is 24.3 Å². The molecule has 37 heavy (non-hydrogen) atoms. The number of amides is 1. The van der Waals surface area contributed by atoms with Crippen molar-refractivity contribution in [2.45, 2.75) is 24.0 Å². The van der Waals surface area contributed by atoms with Crippen molar-refractivity contribution in [1.29, 1.82) is 0 Å². The summed E-state index contributed by atoms with van der Waals surface area (Å²) in [5.74, 6) is 0.515. The van der Waals surface area contributed by atoms with Gasteiger partial charge < -0.3 is 14.2 Å². The normalized spacial score (nSPS) is 11.6. The van der Waals surface area contributed by atoms with Gasteiger partial charge in [0, 0.05) is 5.69 Å². The number of anilines is 1. The molecule has 3 heterocycles. The molecule has 5 aromatic rings. The number of carbonyl (C=O) groups excluding carboxylic acids is 1. The minimum absolute atomic E-state index is 0.0896. The Morgan fingerprint density at radius 2 is 1.86 bits per heavy atom. The second-order valence-corrected chi connectivity index (χ2v) is 8.84. The van der Waals surface area contributed by atoms with Crippen molar-refractivity contribution >= 4 is 23.4 Å². The topological polar surface area (TPSA) is 99.0 Å². The Kier molecular flexibility index (Phi) is 6.57. The van der Waals surface area contributed by atoms with Gasteiger partial charge in [0.15, 0.2) is 16.6 Å². The van der Waals surface area contributed by atoms with Gasteiger partial charge in [-0.15, -0.1) is 10.2 Å². The third-order valence-electron chi connectivity index (χ3n) is 5.23. The van der Waals surface area contributed by atoms with Crippen LogP contribution in [0.5, 0.6) is 0 Å². The molecule has 0 atom stereocenters. The van der Waals surface area contributed by atoms with E-state index in [9.17, 15) is 18.0 Å². The molecular formula is C25H18F3N5O3S. The number of thioether (sulfide) groups is 1. The zero-order valence-corrected chi connectivity index (χ0v) is 20.0. The summed E-state index contributed by atoms with van der Waals surface area (Å²) < 4.78 is 52.4. The molecule has 0 bridgehead atoms. The highest BCUT2D eigenvalue weighted by molar-refractivity contribution is 7.98. The molecule has 1 N–H and O–H groups in total. The summed E-state index contributed by atoms with van der Waals surface area (Å²) in [7, 11) is 0. The van der Waals surface area contributed by atoms with Crippen molar-refractivity contribution in [3.63, 3.8) is 0 Å². The molecule has 0 aliphatic carbocycles. The molecule has 3 aromatic heterocycles. The predicted octanol–water partition coefficient (Wildman–Crippen LogP) is 6.39. The van der Waals surface area contributed by atoms with E-state index in [0.29, 0.717) is 11.4 Å². The molecule has 0 saturated heterocycles. The maximum atomic E-state index is 13.4.